The van der Waals surface area contributed by atoms with Crippen LogP contribution in [0.25, 0.3) is 22.3 Å². The second kappa shape index (κ2) is 22.6. The van der Waals surface area contributed by atoms with Gasteiger partial charge in [-0.1, -0.05) is 198 Å². The maximum Gasteiger partial charge on any atom is 1.00 e. The Morgan fingerprint density at radius 3 is 1.16 bits per heavy atom. The van der Waals surface area contributed by atoms with E-state index in [4.69, 9.17) is 23.3 Å². The second-order valence-electron chi connectivity index (χ2n) is 23.4. The fraction of sp³-hybridized carbons (Fsp3) is 0.290. The largest absolute Gasteiger partial charge is 1.00 e. The standard InChI is InChI=1S/C31H27BO2S.C25H15BrS.C9H19BO3.C4H9.Li/c1-29(2)30(3,4)34-32(33-29)20-17-18-22-21-11-5-6-12-23(21)31(26(22)19-20)24-13-7-9-15-27(24)35-28-16-10-8-14-25(28)31;26-16-13-14-18-17-7-1-2-8-19(17)25(22(18)15-16)20-9-3-5-11-23(20)27-24-12-6-4-10-21(24)25;1-7(2)11-10-12-8(3,4)9(5,6)13-10;1-3-4-2;/h5-19H,1-4H3;1-15H;7H,1-6H3;1,3-4H2,2H3;/q;;;-1;+1. The van der Waals surface area contributed by atoms with E-state index in [1.54, 1.807) is 0 Å². The van der Waals surface area contributed by atoms with Crippen molar-refractivity contribution >= 4 is 59.4 Å². The van der Waals surface area contributed by atoms with Crippen molar-refractivity contribution in [3.63, 3.8) is 0 Å². The van der Waals surface area contributed by atoms with Crippen molar-refractivity contribution in [1.82, 2.24) is 0 Å². The van der Waals surface area contributed by atoms with Crippen LogP contribution in [0.1, 0.15) is 134 Å². The van der Waals surface area contributed by atoms with Crippen LogP contribution in [-0.4, -0.2) is 42.9 Å². The molecule has 0 aromatic heterocycles. The van der Waals surface area contributed by atoms with Gasteiger partial charge in [0.25, 0.3) is 0 Å². The first-order valence-electron chi connectivity index (χ1n) is 27.8. The Morgan fingerprint density at radius 2 is 0.775 bits per heavy atom. The molecule has 2 fully saturated rings. The van der Waals surface area contributed by atoms with Gasteiger partial charge < -0.3 is 30.2 Å². The summed E-state index contributed by atoms with van der Waals surface area (Å²) >= 11 is 7.49. The molecule has 2 aliphatic carbocycles. The molecule has 0 atom stereocenters. The molecule has 2 saturated heterocycles. The number of unbranched alkanes of at least 4 members (excludes halogenated alkanes) is 1. The predicted octanol–water partition coefficient (Wildman–Crippen LogP) is 14.7. The first-order valence-corrected chi connectivity index (χ1v) is 30.3. The third-order valence-corrected chi connectivity index (χ3v) is 20.0. The first-order chi connectivity index (χ1) is 37.8. The van der Waals surface area contributed by atoms with Crippen molar-refractivity contribution in [1.29, 1.82) is 0 Å². The predicted molar refractivity (Wildman–Crippen MR) is 332 cm³/mol. The molecule has 0 unspecified atom stereocenters. The van der Waals surface area contributed by atoms with Crippen LogP contribution in [0.2, 0.25) is 0 Å². The molecule has 4 heterocycles. The van der Waals surface area contributed by atoms with Crippen LogP contribution >= 0.6 is 39.5 Å². The molecule has 0 saturated carbocycles. The molecule has 0 N–H and O–H groups in total. The van der Waals surface area contributed by atoms with E-state index >= 15 is 0 Å². The summed E-state index contributed by atoms with van der Waals surface area (Å²) in [5, 5.41) is 0. The molecular weight excluding hydrogens is 1080 g/mol. The quantitative estimate of drug-likeness (QED) is 0.129. The maximum absolute atomic E-state index is 6.48. The zero-order valence-corrected chi connectivity index (χ0v) is 51.6. The van der Waals surface area contributed by atoms with E-state index in [-0.39, 0.29) is 58.2 Å². The zero-order valence-electron chi connectivity index (χ0n) is 48.4. The summed E-state index contributed by atoms with van der Waals surface area (Å²) in [7, 11) is -0.917. The summed E-state index contributed by atoms with van der Waals surface area (Å²) in [6, 6.07) is 66.9. The van der Waals surface area contributed by atoms with E-state index in [1.807, 2.05) is 65.1 Å². The Kier molecular flexibility index (Phi) is 16.5. The zero-order chi connectivity index (χ0) is 55.7. The molecule has 0 bridgehead atoms. The minimum absolute atomic E-state index is 0. The first kappa shape index (κ1) is 58.7. The minimum atomic E-state index is -0.523. The maximum atomic E-state index is 6.48. The van der Waals surface area contributed by atoms with Crippen LogP contribution in [0, 0.1) is 6.92 Å². The summed E-state index contributed by atoms with van der Waals surface area (Å²) in [5.41, 5.74) is 15.3. The van der Waals surface area contributed by atoms with Crippen LogP contribution in [0.5, 0.6) is 0 Å². The van der Waals surface area contributed by atoms with Gasteiger partial charge in [0, 0.05) is 30.2 Å². The van der Waals surface area contributed by atoms with Gasteiger partial charge in [-0.3, -0.25) is 0 Å². The van der Waals surface area contributed by atoms with Gasteiger partial charge in [0.2, 0.25) is 0 Å². The molecule has 6 aliphatic rings. The van der Waals surface area contributed by atoms with E-state index in [2.05, 4.69) is 239 Å². The number of fused-ring (bicyclic) bond motifs is 18. The molecule has 5 nitrogen and oxygen atoms in total. The Labute approximate surface area is 505 Å². The van der Waals surface area contributed by atoms with Gasteiger partial charge in [-0.2, -0.15) is 6.42 Å². The van der Waals surface area contributed by atoms with Gasteiger partial charge in [-0.15, -0.1) is 0 Å². The number of benzene rings is 8. The van der Waals surface area contributed by atoms with Crippen molar-refractivity contribution < 1.29 is 42.1 Å². The van der Waals surface area contributed by atoms with Gasteiger partial charge >= 0.3 is 33.3 Å². The third-order valence-electron chi connectivity index (χ3n) is 17.2. The van der Waals surface area contributed by atoms with Gasteiger partial charge in [-0.25, -0.2) is 0 Å². The Hall–Kier alpha value is -4.53. The fourth-order valence-corrected chi connectivity index (χ4v) is 14.6. The molecule has 80 heavy (non-hydrogen) atoms. The monoisotopic (exact) mass is 1150 g/mol. The number of hydrogen-bond acceptors (Lipinski definition) is 7. The van der Waals surface area contributed by atoms with E-state index in [0.29, 0.717) is 0 Å². The van der Waals surface area contributed by atoms with Crippen LogP contribution < -0.4 is 24.3 Å². The number of rotatable bonds is 4. The molecule has 402 valence electrons. The topological polar surface area (TPSA) is 46.2 Å². The van der Waals surface area contributed by atoms with Crippen molar-refractivity contribution in [2.75, 3.05) is 0 Å². The molecule has 2 spiro atoms. The normalized spacial score (nSPS) is 18.2. The van der Waals surface area contributed by atoms with Gasteiger partial charge in [0.15, 0.2) is 0 Å². The summed E-state index contributed by atoms with van der Waals surface area (Å²) in [6.45, 7) is 26.1. The van der Waals surface area contributed by atoms with Crippen LogP contribution in [0.15, 0.2) is 206 Å². The van der Waals surface area contributed by atoms with Crippen molar-refractivity contribution in [2.45, 2.75) is 148 Å². The Bertz CT molecular complexity index is 3470. The van der Waals surface area contributed by atoms with Gasteiger partial charge in [0.05, 0.1) is 33.2 Å². The smallest absolute Gasteiger partial charge is 0.399 e. The summed E-state index contributed by atoms with van der Waals surface area (Å²) in [6.07, 6.45) is 2.40. The molecule has 0 amide bonds. The Morgan fingerprint density at radius 1 is 0.450 bits per heavy atom. The van der Waals surface area contributed by atoms with Crippen molar-refractivity contribution in [3.8, 4) is 22.3 Å². The molecule has 0 radical (unpaired) electrons. The summed E-state index contributed by atoms with van der Waals surface area (Å²) < 4.78 is 30.8. The second-order valence-corrected chi connectivity index (χ2v) is 26.5. The molecular formula is C69H70B2BrLiO5S2. The third kappa shape index (κ3) is 9.79. The minimum Gasteiger partial charge on any atom is -0.399 e. The Balaban J connectivity index is 0.000000141. The van der Waals surface area contributed by atoms with E-state index < -0.39 is 14.4 Å². The average molecular weight is 1150 g/mol. The molecule has 8 aromatic rings. The van der Waals surface area contributed by atoms with E-state index in [9.17, 15) is 0 Å². The van der Waals surface area contributed by atoms with Crippen molar-refractivity contribution in [2.24, 2.45) is 0 Å². The van der Waals surface area contributed by atoms with Crippen LogP contribution in [-0.2, 0) is 34.1 Å². The molecule has 8 aromatic carbocycles. The van der Waals surface area contributed by atoms with E-state index in [0.717, 1.165) is 16.4 Å². The SMILES string of the molecule is Brc1ccc2c(c1)C1(c3ccccc3Sc3ccccc31)c1ccccc1-2.CC(C)OB1OC(C)(C)C(C)(C)O1.CC1(C)OB(c2ccc3c(c2)C2(c4ccccc4Sc4ccccc42)c2ccccc2-3)OC1(C)C.[CH2-]CCC.[Li+]. The van der Waals surface area contributed by atoms with Gasteiger partial charge in [-0.05, 0) is 178 Å². The van der Waals surface area contributed by atoms with Crippen LogP contribution in [0.3, 0.4) is 0 Å². The number of hydrogen-bond donors (Lipinski definition) is 0. The summed E-state index contributed by atoms with van der Waals surface area (Å²) in [4.78, 5) is 5.32. The average Bonchev–Trinajstić information content (AvgIpc) is 4.07. The molecule has 4 aliphatic heterocycles. The fourth-order valence-electron chi connectivity index (χ4n) is 11.9. The number of halogens is 1. The van der Waals surface area contributed by atoms with Gasteiger partial charge in [0.1, 0.15) is 0 Å². The summed E-state index contributed by atoms with van der Waals surface area (Å²) in [5.74, 6) is 0. The molecule has 11 heteroatoms. The van der Waals surface area contributed by atoms with Crippen LogP contribution in [0.4, 0.5) is 0 Å². The van der Waals surface area contributed by atoms with Crippen molar-refractivity contribution in [3.05, 3.63) is 238 Å². The molecule has 14 rings (SSSR count). The van der Waals surface area contributed by atoms with E-state index in [1.165, 1.54) is 92.8 Å².